The van der Waals surface area contributed by atoms with E-state index in [4.69, 9.17) is 15.9 Å². The van der Waals surface area contributed by atoms with Crippen molar-refractivity contribution in [2.45, 2.75) is 37.2 Å². The smallest absolute Gasteiger partial charge is 0.351 e. The average molecular weight is 370 g/mol. The van der Waals surface area contributed by atoms with Gasteiger partial charge in [-0.05, 0) is 12.5 Å². The van der Waals surface area contributed by atoms with Gasteiger partial charge >= 0.3 is 11.6 Å². The molecular weight excluding hydrogens is 350 g/mol. The third-order valence-electron chi connectivity index (χ3n) is 4.41. The Morgan fingerprint density at radius 3 is 3.00 bits per heavy atom. The Morgan fingerprint density at radius 2 is 2.31 bits per heavy atom. The van der Waals surface area contributed by atoms with E-state index < -0.39 is 30.0 Å². The van der Waals surface area contributed by atoms with Gasteiger partial charge in [-0.25, -0.2) is 4.79 Å². The molecule has 0 saturated carbocycles. The zero-order valence-corrected chi connectivity index (χ0v) is 13.9. The Kier molecular flexibility index (Phi) is 5.01. The Labute approximate surface area is 147 Å². The van der Waals surface area contributed by atoms with Gasteiger partial charge in [0.25, 0.3) is 0 Å². The SMILES string of the molecule is N=CCC1=NCCCN1C[C@H]1O[C@@H](n2ccc(N)nc2=O)C(F)(F)[C@@H]1O. The number of hydrogen-bond acceptors (Lipinski definition) is 8. The van der Waals surface area contributed by atoms with Gasteiger partial charge in [0, 0.05) is 38.5 Å². The normalized spacial score (nSPS) is 28.0. The molecule has 3 heterocycles. The van der Waals surface area contributed by atoms with Crippen LogP contribution in [0, 0.1) is 5.41 Å². The molecule has 1 saturated heterocycles. The van der Waals surface area contributed by atoms with Crippen molar-refractivity contribution in [1.82, 2.24) is 14.5 Å². The maximum absolute atomic E-state index is 14.5. The third kappa shape index (κ3) is 3.31. The van der Waals surface area contributed by atoms with Crippen LogP contribution < -0.4 is 11.4 Å². The Hall–Kier alpha value is -2.40. The summed E-state index contributed by atoms with van der Waals surface area (Å²) in [7, 11) is 0. The molecule has 0 unspecified atom stereocenters. The molecule has 0 aromatic carbocycles. The first-order valence-corrected chi connectivity index (χ1v) is 8.17. The molecule has 9 nitrogen and oxygen atoms in total. The van der Waals surface area contributed by atoms with Crippen LogP contribution in [-0.2, 0) is 4.74 Å². The Balaban J connectivity index is 1.82. The zero-order valence-electron chi connectivity index (χ0n) is 13.9. The first-order chi connectivity index (χ1) is 12.3. The first-order valence-electron chi connectivity index (χ1n) is 8.17. The molecular formula is C15H20F2N6O3. The van der Waals surface area contributed by atoms with E-state index in [0.29, 0.717) is 23.5 Å². The maximum Gasteiger partial charge on any atom is 0.351 e. The summed E-state index contributed by atoms with van der Waals surface area (Å²) in [5.74, 6) is -3.17. The number of ether oxygens (including phenoxy) is 1. The van der Waals surface area contributed by atoms with Gasteiger partial charge in [-0.1, -0.05) is 0 Å². The van der Waals surface area contributed by atoms with E-state index in [1.54, 1.807) is 4.90 Å². The van der Waals surface area contributed by atoms with Gasteiger partial charge in [0.05, 0.1) is 0 Å². The number of rotatable bonds is 5. The van der Waals surface area contributed by atoms with Crippen LogP contribution >= 0.6 is 0 Å². The van der Waals surface area contributed by atoms with Crippen LogP contribution in [0.2, 0.25) is 0 Å². The predicted octanol–water partition coefficient (Wildman–Crippen LogP) is -0.137. The molecule has 0 aliphatic carbocycles. The second-order valence-corrected chi connectivity index (χ2v) is 6.19. The highest BCUT2D eigenvalue weighted by atomic mass is 19.3. The lowest BCUT2D eigenvalue weighted by atomic mass is 10.1. The second-order valence-electron chi connectivity index (χ2n) is 6.19. The first kappa shape index (κ1) is 18.4. The zero-order chi connectivity index (χ0) is 18.9. The number of hydrogen-bond donors (Lipinski definition) is 3. The van der Waals surface area contributed by atoms with E-state index in [1.807, 2.05) is 0 Å². The molecule has 0 amide bonds. The van der Waals surface area contributed by atoms with Crippen LogP contribution in [-0.4, -0.2) is 69.4 Å². The fraction of sp³-hybridized carbons (Fsp3) is 0.600. The van der Waals surface area contributed by atoms with Crippen molar-refractivity contribution in [3.8, 4) is 0 Å². The molecule has 0 spiro atoms. The number of alkyl halides is 2. The number of aliphatic imine (C=N–C) groups is 1. The van der Waals surface area contributed by atoms with Crippen molar-refractivity contribution in [2.24, 2.45) is 4.99 Å². The standard InChI is InChI=1S/C15H20F2N6O3/c16-15(17)12(24)9(8-22-6-1-5-20-11(22)2-4-18)26-13(15)23-7-3-10(19)21-14(23)25/h3-4,7,9,12-13,18,24H,1-2,5-6,8H2,(H2,19,21,25)/t9-,12-,13-/m1/s1. The van der Waals surface area contributed by atoms with E-state index in [2.05, 4.69) is 9.98 Å². The van der Waals surface area contributed by atoms with Gasteiger partial charge in [-0.3, -0.25) is 9.56 Å². The molecule has 2 aliphatic heterocycles. The average Bonchev–Trinajstić information content (AvgIpc) is 2.81. The topological polar surface area (TPSA) is 130 Å². The van der Waals surface area contributed by atoms with Crippen molar-refractivity contribution < 1.29 is 18.6 Å². The van der Waals surface area contributed by atoms with Gasteiger partial charge in [-0.15, -0.1) is 0 Å². The highest BCUT2D eigenvalue weighted by Crippen LogP contribution is 2.42. The second kappa shape index (κ2) is 7.08. The lowest BCUT2D eigenvalue weighted by Crippen LogP contribution is -2.46. The largest absolute Gasteiger partial charge is 0.384 e. The van der Waals surface area contributed by atoms with E-state index >= 15 is 0 Å². The summed E-state index contributed by atoms with van der Waals surface area (Å²) in [6.07, 6.45) is -2.03. The quantitative estimate of drug-likeness (QED) is 0.619. The summed E-state index contributed by atoms with van der Waals surface area (Å²) in [4.78, 5) is 21.3. The minimum absolute atomic E-state index is 0.0168. The molecule has 1 aromatic rings. The molecule has 1 aromatic heterocycles. The van der Waals surface area contributed by atoms with Gasteiger partial charge in [-0.2, -0.15) is 13.8 Å². The Morgan fingerprint density at radius 1 is 1.54 bits per heavy atom. The van der Waals surface area contributed by atoms with E-state index in [9.17, 15) is 18.7 Å². The van der Waals surface area contributed by atoms with Crippen LogP contribution in [0.15, 0.2) is 22.1 Å². The third-order valence-corrected chi connectivity index (χ3v) is 4.41. The highest BCUT2D eigenvalue weighted by Gasteiger charge is 2.60. The number of aliphatic hydroxyl groups is 1. The summed E-state index contributed by atoms with van der Waals surface area (Å²) in [5, 5.41) is 17.3. The number of halogens is 2. The number of aliphatic hydroxyl groups excluding tert-OH is 1. The van der Waals surface area contributed by atoms with Gasteiger partial charge in [0.1, 0.15) is 17.8 Å². The van der Waals surface area contributed by atoms with Crippen molar-refractivity contribution in [2.75, 3.05) is 25.4 Å². The summed E-state index contributed by atoms with van der Waals surface area (Å²) >= 11 is 0. The lowest BCUT2D eigenvalue weighted by molar-refractivity contribution is -0.140. The minimum Gasteiger partial charge on any atom is -0.384 e. The van der Waals surface area contributed by atoms with Gasteiger partial charge in [0.2, 0.25) is 6.23 Å². The van der Waals surface area contributed by atoms with Crippen molar-refractivity contribution in [1.29, 1.82) is 5.41 Å². The van der Waals surface area contributed by atoms with Crippen molar-refractivity contribution in [3.63, 3.8) is 0 Å². The predicted molar refractivity (Wildman–Crippen MR) is 89.7 cm³/mol. The fourth-order valence-corrected chi connectivity index (χ4v) is 3.12. The number of aromatic nitrogens is 2. The molecule has 0 bridgehead atoms. The summed E-state index contributed by atoms with van der Waals surface area (Å²) < 4.78 is 35.1. The van der Waals surface area contributed by atoms with Crippen LogP contribution in [0.25, 0.3) is 0 Å². The van der Waals surface area contributed by atoms with E-state index in [-0.39, 0.29) is 18.8 Å². The number of anilines is 1. The molecule has 0 radical (unpaired) electrons. The van der Waals surface area contributed by atoms with Gasteiger partial charge in [0.15, 0.2) is 6.10 Å². The highest BCUT2D eigenvalue weighted by molar-refractivity contribution is 5.93. The molecule has 2 aliphatic rings. The number of amidine groups is 1. The molecule has 3 atom stereocenters. The molecule has 4 N–H and O–H groups in total. The van der Waals surface area contributed by atoms with Crippen LogP contribution in [0.1, 0.15) is 19.1 Å². The summed E-state index contributed by atoms with van der Waals surface area (Å²) in [5.41, 5.74) is 4.40. The lowest BCUT2D eigenvalue weighted by Gasteiger charge is -2.31. The molecule has 142 valence electrons. The number of nitrogens with one attached hydrogen (secondary N) is 1. The monoisotopic (exact) mass is 370 g/mol. The van der Waals surface area contributed by atoms with E-state index in [0.717, 1.165) is 12.6 Å². The number of nitrogens with zero attached hydrogens (tertiary/aromatic N) is 4. The Bertz CT molecular complexity index is 768. The number of nitrogens with two attached hydrogens (primary N) is 1. The summed E-state index contributed by atoms with van der Waals surface area (Å²) in [6.45, 7) is 1.16. The molecule has 1 fully saturated rings. The molecule has 26 heavy (non-hydrogen) atoms. The maximum atomic E-state index is 14.5. The van der Waals surface area contributed by atoms with Crippen LogP contribution in [0.5, 0.6) is 0 Å². The van der Waals surface area contributed by atoms with Crippen LogP contribution in [0.3, 0.4) is 0 Å². The van der Waals surface area contributed by atoms with Gasteiger partial charge < -0.3 is 25.9 Å². The summed E-state index contributed by atoms with van der Waals surface area (Å²) in [6, 6.07) is 1.21. The van der Waals surface area contributed by atoms with Crippen molar-refractivity contribution in [3.05, 3.63) is 22.7 Å². The van der Waals surface area contributed by atoms with Crippen molar-refractivity contribution >= 4 is 17.9 Å². The minimum atomic E-state index is -3.68. The molecule has 3 rings (SSSR count). The molecule has 11 heteroatoms. The number of nitrogen functional groups attached to an aromatic ring is 1. The van der Waals surface area contributed by atoms with E-state index in [1.165, 1.54) is 12.3 Å². The fourth-order valence-electron chi connectivity index (χ4n) is 3.12. The van der Waals surface area contributed by atoms with Crippen LogP contribution in [0.4, 0.5) is 14.6 Å².